The summed E-state index contributed by atoms with van der Waals surface area (Å²) in [6, 6.07) is 9.84. The molecule has 0 bridgehead atoms. The number of rotatable bonds is 4. The van der Waals surface area contributed by atoms with Gasteiger partial charge < -0.3 is 10.6 Å². The molecule has 0 aliphatic rings. The van der Waals surface area contributed by atoms with Crippen LogP contribution in [-0.4, -0.2) is 16.1 Å². The van der Waals surface area contributed by atoms with Crippen LogP contribution in [0, 0.1) is 17.5 Å². The van der Waals surface area contributed by atoms with E-state index in [0.29, 0.717) is 5.69 Å². The van der Waals surface area contributed by atoms with Crippen LogP contribution in [0.1, 0.15) is 10.5 Å². The number of carbonyl (C=O) groups excluding carboxylic acids is 1. The van der Waals surface area contributed by atoms with Crippen molar-refractivity contribution in [3.8, 4) is 0 Å². The molecule has 1 amide bonds. The molecular weight excluding hydrogens is 369 g/mol. The van der Waals surface area contributed by atoms with E-state index in [0.717, 1.165) is 18.2 Å². The highest BCUT2D eigenvalue weighted by Gasteiger charge is 2.11. The molecule has 26 heavy (non-hydrogen) atoms. The molecule has 0 unspecified atom stereocenters. The summed E-state index contributed by atoms with van der Waals surface area (Å²) in [5.74, 6) is -2.90. The third kappa shape index (κ3) is 4.09. The zero-order valence-electron chi connectivity index (χ0n) is 12.9. The molecule has 132 valence electrons. The van der Waals surface area contributed by atoms with Gasteiger partial charge in [0.05, 0.1) is 5.02 Å². The van der Waals surface area contributed by atoms with Crippen molar-refractivity contribution in [2.24, 2.45) is 0 Å². The van der Waals surface area contributed by atoms with Crippen LogP contribution in [0.15, 0.2) is 48.5 Å². The topological polar surface area (TPSA) is 66.9 Å². The van der Waals surface area contributed by atoms with Crippen molar-refractivity contribution in [3.05, 3.63) is 76.7 Å². The van der Waals surface area contributed by atoms with Gasteiger partial charge in [-0.05, 0) is 42.5 Å². The van der Waals surface area contributed by atoms with Crippen LogP contribution >= 0.6 is 11.6 Å². The second kappa shape index (κ2) is 7.40. The molecule has 2 N–H and O–H groups in total. The van der Waals surface area contributed by atoms with E-state index >= 15 is 0 Å². The monoisotopic (exact) mass is 378 g/mol. The minimum absolute atomic E-state index is 0.00119. The molecule has 0 atom stereocenters. The molecular formula is C17H10ClF3N4O. The number of anilines is 3. The van der Waals surface area contributed by atoms with E-state index in [9.17, 15) is 18.0 Å². The number of amides is 1. The summed E-state index contributed by atoms with van der Waals surface area (Å²) in [4.78, 5) is 12.1. The van der Waals surface area contributed by atoms with Gasteiger partial charge in [-0.2, -0.15) is 0 Å². The molecule has 9 heteroatoms. The lowest BCUT2D eigenvalue weighted by molar-refractivity contribution is 0.102. The molecule has 2 aromatic carbocycles. The van der Waals surface area contributed by atoms with Crippen LogP contribution in [0.5, 0.6) is 0 Å². The van der Waals surface area contributed by atoms with Gasteiger partial charge in [-0.3, -0.25) is 4.79 Å². The first kappa shape index (κ1) is 17.7. The summed E-state index contributed by atoms with van der Waals surface area (Å²) in [5.41, 5.74) is 0.574. The van der Waals surface area contributed by atoms with Crippen molar-refractivity contribution in [2.75, 3.05) is 10.6 Å². The van der Waals surface area contributed by atoms with Crippen LogP contribution < -0.4 is 10.6 Å². The van der Waals surface area contributed by atoms with Gasteiger partial charge in [0.15, 0.2) is 23.1 Å². The van der Waals surface area contributed by atoms with Crippen molar-refractivity contribution in [3.63, 3.8) is 0 Å². The second-order valence-electron chi connectivity index (χ2n) is 5.14. The van der Waals surface area contributed by atoms with E-state index in [1.54, 1.807) is 0 Å². The summed E-state index contributed by atoms with van der Waals surface area (Å²) in [5, 5.41) is 12.7. The maximum absolute atomic E-state index is 13.2. The Labute approximate surface area is 150 Å². The van der Waals surface area contributed by atoms with E-state index < -0.39 is 23.4 Å². The Morgan fingerprint density at radius 3 is 2.23 bits per heavy atom. The lowest BCUT2D eigenvalue weighted by Gasteiger charge is -2.07. The van der Waals surface area contributed by atoms with Crippen LogP contribution in [0.2, 0.25) is 5.02 Å². The molecule has 0 saturated carbocycles. The van der Waals surface area contributed by atoms with Crippen LogP contribution in [0.3, 0.4) is 0 Å². The molecule has 3 aromatic rings. The number of hydrogen-bond donors (Lipinski definition) is 2. The Kier molecular flexibility index (Phi) is 5.04. The average molecular weight is 379 g/mol. The Bertz CT molecular complexity index is 967. The molecule has 0 aliphatic heterocycles. The number of halogens is 4. The van der Waals surface area contributed by atoms with Gasteiger partial charge in [0.1, 0.15) is 5.82 Å². The third-order valence-corrected chi connectivity index (χ3v) is 3.56. The van der Waals surface area contributed by atoms with Crippen LogP contribution in [0.25, 0.3) is 0 Å². The van der Waals surface area contributed by atoms with Crippen molar-refractivity contribution in [2.45, 2.75) is 0 Å². The van der Waals surface area contributed by atoms with Gasteiger partial charge >= 0.3 is 0 Å². The van der Waals surface area contributed by atoms with Crippen molar-refractivity contribution in [1.82, 2.24) is 10.2 Å². The average Bonchev–Trinajstić information content (AvgIpc) is 2.62. The fourth-order valence-electron chi connectivity index (χ4n) is 2.01. The fraction of sp³-hybridized carbons (Fsp3) is 0. The Balaban J connectivity index is 1.69. The molecule has 1 aromatic heterocycles. The van der Waals surface area contributed by atoms with Gasteiger partial charge in [-0.15, -0.1) is 10.2 Å². The fourth-order valence-corrected chi connectivity index (χ4v) is 2.19. The first-order valence-electron chi connectivity index (χ1n) is 7.24. The zero-order valence-corrected chi connectivity index (χ0v) is 13.7. The summed E-state index contributed by atoms with van der Waals surface area (Å²) in [6.45, 7) is 0. The minimum Gasteiger partial charge on any atom is -0.339 e. The lowest BCUT2D eigenvalue weighted by atomic mass is 10.3. The molecule has 3 rings (SSSR count). The number of aromatic nitrogens is 2. The number of benzene rings is 2. The normalized spacial score (nSPS) is 10.5. The van der Waals surface area contributed by atoms with E-state index in [4.69, 9.17) is 11.6 Å². The zero-order chi connectivity index (χ0) is 18.7. The Hall–Kier alpha value is -3.13. The number of nitrogens with one attached hydrogen (secondary N) is 2. The van der Waals surface area contributed by atoms with Crippen molar-refractivity contribution in [1.29, 1.82) is 0 Å². The molecule has 0 spiro atoms. The molecule has 0 saturated heterocycles. The largest absolute Gasteiger partial charge is 0.339 e. The summed E-state index contributed by atoms with van der Waals surface area (Å²) in [7, 11) is 0. The first-order valence-corrected chi connectivity index (χ1v) is 7.62. The van der Waals surface area contributed by atoms with Gasteiger partial charge in [0, 0.05) is 17.4 Å². The second-order valence-corrected chi connectivity index (χ2v) is 5.55. The number of nitrogens with zero attached hydrogens (tertiary/aromatic N) is 2. The Morgan fingerprint density at radius 2 is 1.58 bits per heavy atom. The van der Waals surface area contributed by atoms with Gasteiger partial charge in [0.25, 0.3) is 5.91 Å². The summed E-state index contributed by atoms with van der Waals surface area (Å²) < 4.78 is 39.2. The maximum atomic E-state index is 13.2. The molecule has 1 heterocycles. The first-order chi connectivity index (χ1) is 12.4. The Morgan fingerprint density at radius 1 is 0.846 bits per heavy atom. The van der Waals surface area contributed by atoms with Gasteiger partial charge in [-0.25, -0.2) is 13.2 Å². The summed E-state index contributed by atoms with van der Waals surface area (Å²) >= 11 is 5.65. The van der Waals surface area contributed by atoms with E-state index in [2.05, 4.69) is 20.8 Å². The van der Waals surface area contributed by atoms with Gasteiger partial charge in [-0.1, -0.05) is 11.6 Å². The molecule has 0 radical (unpaired) electrons. The number of hydrogen-bond acceptors (Lipinski definition) is 4. The number of carbonyl (C=O) groups is 1. The molecule has 0 fully saturated rings. The van der Waals surface area contributed by atoms with E-state index in [1.807, 2.05) is 0 Å². The quantitative estimate of drug-likeness (QED) is 0.699. The SMILES string of the molecule is O=C(Nc1ccc(F)c(Cl)c1)c1ccc(Nc2ccc(F)c(F)c2)nn1. The third-order valence-electron chi connectivity index (χ3n) is 3.27. The lowest BCUT2D eigenvalue weighted by Crippen LogP contribution is -2.14. The van der Waals surface area contributed by atoms with E-state index in [-0.39, 0.29) is 22.2 Å². The molecule has 0 aliphatic carbocycles. The van der Waals surface area contributed by atoms with Crippen LogP contribution in [-0.2, 0) is 0 Å². The molecule has 5 nitrogen and oxygen atoms in total. The standard InChI is InChI=1S/C17H10ClF3N4O/c18-11-7-9(1-3-12(11)19)23-17(26)15-5-6-16(25-24-15)22-10-2-4-13(20)14(21)8-10/h1-8H,(H,22,25)(H,23,26). The predicted molar refractivity (Wildman–Crippen MR) is 91.0 cm³/mol. The van der Waals surface area contributed by atoms with Crippen molar-refractivity contribution < 1.29 is 18.0 Å². The minimum atomic E-state index is -1.00. The highest BCUT2D eigenvalue weighted by atomic mass is 35.5. The van der Waals surface area contributed by atoms with Crippen LogP contribution in [0.4, 0.5) is 30.4 Å². The highest BCUT2D eigenvalue weighted by molar-refractivity contribution is 6.31. The summed E-state index contributed by atoms with van der Waals surface area (Å²) in [6.07, 6.45) is 0. The van der Waals surface area contributed by atoms with Crippen molar-refractivity contribution >= 4 is 34.7 Å². The smallest absolute Gasteiger partial charge is 0.276 e. The predicted octanol–water partition coefficient (Wildman–Crippen LogP) is 4.54. The maximum Gasteiger partial charge on any atom is 0.276 e. The highest BCUT2D eigenvalue weighted by Crippen LogP contribution is 2.20. The van der Waals surface area contributed by atoms with E-state index in [1.165, 1.54) is 30.3 Å². The van der Waals surface area contributed by atoms with Gasteiger partial charge in [0.2, 0.25) is 0 Å².